The normalized spacial score (nSPS) is 11.4. The van der Waals surface area contributed by atoms with Crippen molar-refractivity contribution >= 4 is 62.1 Å². The molecule has 0 saturated heterocycles. The maximum atomic E-state index is 9.63. The van der Waals surface area contributed by atoms with Crippen molar-refractivity contribution in [1.29, 1.82) is 5.26 Å². The molecule has 3 nitrogen and oxygen atoms in total. The first-order valence-electron chi connectivity index (χ1n) is 8.43. The summed E-state index contributed by atoms with van der Waals surface area (Å²) < 4.78 is 6.87. The monoisotopic (exact) mass is 500 g/mol. The van der Waals surface area contributed by atoms with E-state index in [1.165, 1.54) is 11.3 Å². The largest absolute Gasteiger partial charge is 0.457 e. The van der Waals surface area contributed by atoms with E-state index >= 15 is 0 Å². The molecule has 0 aliphatic heterocycles. The topological polar surface area (TPSA) is 49.8 Å². The Morgan fingerprint density at radius 1 is 1.07 bits per heavy atom. The van der Waals surface area contributed by atoms with Gasteiger partial charge < -0.3 is 4.42 Å². The Hall–Kier alpha value is -2.36. The second kappa shape index (κ2) is 8.56. The Morgan fingerprint density at radius 3 is 2.48 bits per heavy atom. The van der Waals surface area contributed by atoms with Crippen molar-refractivity contribution in [2.24, 2.45) is 0 Å². The van der Waals surface area contributed by atoms with Crippen molar-refractivity contribution in [2.45, 2.75) is 0 Å². The van der Waals surface area contributed by atoms with Gasteiger partial charge in [0.25, 0.3) is 0 Å². The maximum Gasteiger partial charge on any atom is 0.137 e. The maximum absolute atomic E-state index is 9.63. The highest BCUT2D eigenvalue weighted by atomic mass is 79.9. The highest BCUT2D eigenvalue weighted by molar-refractivity contribution is 9.10. The number of halogens is 3. The Kier molecular flexibility index (Phi) is 5.89. The Labute approximate surface area is 190 Å². The summed E-state index contributed by atoms with van der Waals surface area (Å²) in [6.45, 7) is 0. The smallest absolute Gasteiger partial charge is 0.137 e. The number of aromatic nitrogens is 1. The molecule has 0 unspecified atom stereocenters. The molecule has 2 aromatic carbocycles. The zero-order chi connectivity index (χ0) is 20.4. The minimum atomic E-state index is 0.421. The second-order valence-electron chi connectivity index (χ2n) is 6.01. The standard InChI is InChI=1S/C22H11BrCl2N2OS/c23-15-6-4-13(5-7-15)19-12-29-22(27-19)14(11-26)10-16-8-9-20(28-16)21-17(24)2-1-3-18(21)25/h1-10,12H/b14-10+. The fraction of sp³-hybridized carbons (Fsp3) is 0. The van der Waals surface area contributed by atoms with E-state index in [0.717, 1.165) is 15.7 Å². The molecule has 0 atom stereocenters. The van der Waals surface area contributed by atoms with Crippen molar-refractivity contribution in [2.75, 3.05) is 0 Å². The van der Waals surface area contributed by atoms with Crippen LogP contribution in [0.4, 0.5) is 0 Å². The predicted octanol–water partition coefficient (Wildman–Crippen LogP) is 8.20. The van der Waals surface area contributed by atoms with Crippen LogP contribution in [0.5, 0.6) is 0 Å². The SMILES string of the molecule is N#C/C(=C\c1ccc(-c2c(Cl)cccc2Cl)o1)c1nc(-c2ccc(Br)cc2)cs1. The number of benzene rings is 2. The summed E-state index contributed by atoms with van der Waals surface area (Å²) in [5.41, 5.74) is 2.86. The van der Waals surface area contributed by atoms with Gasteiger partial charge in [0.1, 0.15) is 22.6 Å². The molecule has 7 heteroatoms. The minimum Gasteiger partial charge on any atom is -0.457 e. The molecular weight excluding hydrogens is 491 g/mol. The summed E-state index contributed by atoms with van der Waals surface area (Å²) in [4.78, 5) is 4.60. The van der Waals surface area contributed by atoms with E-state index in [4.69, 9.17) is 27.6 Å². The fourth-order valence-electron chi connectivity index (χ4n) is 2.73. The highest BCUT2D eigenvalue weighted by Gasteiger charge is 2.14. The number of thiazole rings is 1. The number of hydrogen-bond donors (Lipinski definition) is 0. The van der Waals surface area contributed by atoms with Gasteiger partial charge in [-0.25, -0.2) is 4.98 Å². The zero-order valence-corrected chi connectivity index (χ0v) is 18.6. The van der Waals surface area contributed by atoms with Crippen LogP contribution in [0.3, 0.4) is 0 Å². The highest BCUT2D eigenvalue weighted by Crippen LogP contribution is 2.36. The lowest BCUT2D eigenvalue weighted by molar-refractivity contribution is 0.572. The third kappa shape index (κ3) is 4.31. The van der Waals surface area contributed by atoms with E-state index in [1.807, 2.05) is 29.6 Å². The van der Waals surface area contributed by atoms with Crippen LogP contribution in [0, 0.1) is 11.3 Å². The third-order valence-electron chi connectivity index (χ3n) is 4.12. The molecule has 0 aliphatic rings. The molecular formula is C22H11BrCl2N2OS. The van der Waals surface area contributed by atoms with Crippen LogP contribution in [0.15, 0.2) is 68.9 Å². The van der Waals surface area contributed by atoms with Crippen LogP contribution in [-0.2, 0) is 0 Å². The molecule has 0 N–H and O–H groups in total. The van der Waals surface area contributed by atoms with Crippen molar-refractivity contribution in [3.05, 3.63) is 85.3 Å². The molecule has 4 aromatic rings. The average molecular weight is 502 g/mol. The zero-order valence-electron chi connectivity index (χ0n) is 14.7. The molecule has 0 fully saturated rings. The van der Waals surface area contributed by atoms with Crippen LogP contribution < -0.4 is 0 Å². The molecule has 142 valence electrons. The van der Waals surface area contributed by atoms with Crippen LogP contribution in [-0.4, -0.2) is 4.98 Å². The van der Waals surface area contributed by atoms with Crippen LogP contribution >= 0.6 is 50.5 Å². The molecule has 29 heavy (non-hydrogen) atoms. The first-order valence-corrected chi connectivity index (χ1v) is 10.9. The van der Waals surface area contributed by atoms with Crippen molar-refractivity contribution in [3.63, 3.8) is 0 Å². The molecule has 0 amide bonds. The van der Waals surface area contributed by atoms with E-state index in [0.29, 0.717) is 37.7 Å². The number of nitriles is 1. The van der Waals surface area contributed by atoms with E-state index in [-0.39, 0.29) is 0 Å². The van der Waals surface area contributed by atoms with Crippen LogP contribution in [0.25, 0.3) is 34.2 Å². The number of nitrogens with zero attached hydrogens (tertiary/aromatic N) is 2. The Morgan fingerprint density at radius 2 is 1.79 bits per heavy atom. The van der Waals surface area contributed by atoms with Crippen molar-refractivity contribution in [3.8, 4) is 28.7 Å². The molecule has 0 radical (unpaired) electrons. The summed E-state index contributed by atoms with van der Waals surface area (Å²) >= 11 is 17.3. The number of hydrogen-bond acceptors (Lipinski definition) is 4. The van der Waals surface area contributed by atoms with Crippen LogP contribution in [0.2, 0.25) is 10.0 Å². The minimum absolute atomic E-state index is 0.421. The molecule has 2 aromatic heterocycles. The molecule has 2 heterocycles. The lowest BCUT2D eigenvalue weighted by Crippen LogP contribution is -1.82. The summed E-state index contributed by atoms with van der Waals surface area (Å²) in [6.07, 6.45) is 1.67. The van der Waals surface area contributed by atoms with Gasteiger partial charge in [0, 0.05) is 21.5 Å². The summed E-state index contributed by atoms with van der Waals surface area (Å²) in [5, 5.41) is 13.2. The summed E-state index contributed by atoms with van der Waals surface area (Å²) in [6, 6.07) is 18.9. The van der Waals surface area contributed by atoms with Gasteiger partial charge in [-0.15, -0.1) is 11.3 Å². The second-order valence-corrected chi connectivity index (χ2v) is 8.60. The van der Waals surface area contributed by atoms with Gasteiger partial charge in [-0.3, -0.25) is 0 Å². The van der Waals surface area contributed by atoms with E-state index in [9.17, 15) is 5.26 Å². The molecule has 4 rings (SSSR count). The summed E-state index contributed by atoms with van der Waals surface area (Å²) in [5.74, 6) is 1.06. The molecule has 0 bridgehead atoms. The quantitative estimate of drug-likeness (QED) is 0.265. The Bertz CT molecular complexity index is 1230. The number of allylic oxidation sites excluding steroid dienone is 1. The average Bonchev–Trinajstić information content (AvgIpc) is 3.37. The number of rotatable bonds is 4. The van der Waals surface area contributed by atoms with Gasteiger partial charge in [-0.1, -0.05) is 57.3 Å². The van der Waals surface area contributed by atoms with Gasteiger partial charge in [0.2, 0.25) is 0 Å². The van der Waals surface area contributed by atoms with E-state index < -0.39 is 0 Å². The predicted molar refractivity (Wildman–Crippen MR) is 123 cm³/mol. The first-order chi connectivity index (χ1) is 14.0. The van der Waals surface area contributed by atoms with Gasteiger partial charge in [0.15, 0.2) is 0 Å². The summed E-state index contributed by atoms with van der Waals surface area (Å²) in [7, 11) is 0. The van der Waals surface area contributed by atoms with Crippen LogP contribution in [0.1, 0.15) is 10.8 Å². The molecule has 0 saturated carbocycles. The van der Waals surface area contributed by atoms with E-state index in [2.05, 4.69) is 27.0 Å². The van der Waals surface area contributed by atoms with Gasteiger partial charge in [0.05, 0.1) is 26.9 Å². The van der Waals surface area contributed by atoms with E-state index in [1.54, 1.807) is 36.4 Å². The van der Waals surface area contributed by atoms with Crippen molar-refractivity contribution < 1.29 is 4.42 Å². The lowest BCUT2D eigenvalue weighted by Gasteiger charge is -2.02. The van der Waals surface area contributed by atoms with Gasteiger partial charge in [-0.2, -0.15) is 5.26 Å². The number of furan rings is 1. The Balaban J connectivity index is 1.65. The molecule has 0 spiro atoms. The molecule has 0 aliphatic carbocycles. The lowest BCUT2D eigenvalue weighted by atomic mass is 10.2. The van der Waals surface area contributed by atoms with Crippen molar-refractivity contribution in [1.82, 2.24) is 4.98 Å². The first kappa shape index (κ1) is 19.9. The third-order valence-corrected chi connectivity index (χ3v) is 6.15. The van der Waals surface area contributed by atoms with Gasteiger partial charge >= 0.3 is 0 Å². The fourth-order valence-corrected chi connectivity index (χ4v) is 4.38. The van der Waals surface area contributed by atoms with Gasteiger partial charge in [-0.05, 0) is 36.4 Å².